The second-order valence-electron chi connectivity index (χ2n) is 7.33. The van der Waals surface area contributed by atoms with Crippen LogP contribution in [0.1, 0.15) is 53.2 Å². The van der Waals surface area contributed by atoms with Gasteiger partial charge in [-0.3, -0.25) is 4.79 Å². The molecule has 0 unspecified atom stereocenters. The Morgan fingerprint density at radius 3 is 2.92 bits per heavy atom. The fourth-order valence-electron chi connectivity index (χ4n) is 3.80. The average Bonchev–Trinajstić information content (AvgIpc) is 3.07. The average molecular weight is 375 g/mol. The fourth-order valence-corrected chi connectivity index (χ4v) is 4.66. The maximum absolute atomic E-state index is 12.4. The van der Waals surface area contributed by atoms with Crippen LogP contribution in [0.5, 0.6) is 0 Å². The van der Waals surface area contributed by atoms with E-state index in [4.69, 9.17) is 4.98 Å². The first-order valence-electron chi connectivity index (χ1n) is 9.67. The van der Waals surface area contributed by atoms with Gasteiger partial charge in [0.15, 0.2) is 5.01 Å². The molecule has 3 heterocycles. The summed E-state index contributed by atoms with van der Waals surface area (Å²) in [5, 5.41) is 13.0. The van der Waals surface area contributed by atoms with Crippen LogP contribution in [0.4, 0.5) is 0 Å². The zero-order valence-corrected chi connectivity index (χ0v) is 15.9. The van der Waals surface area contributed by atoms with E-state index in [0.29, 0.717) is 11.6 Å². The molecular weight excluding hydrogens is 348 g/mol. The van der Waals surface area contributed by atoms with E-state index in [1.807, 2.05) is 0 Å². The van der Waals surface area contributed by atoms with Crippen LogP contribution in [0.2, 0.25) is 0 Å². The Morgan fingerprint density at radius 1 is 1.27 bits per heavy atom. The molecular formula is C19H26N4O2S. The first kappa shape index (κ1) is 17.8. The number of likely N-dealkylation sites (tertiary alicyclic amines) is 1. The number of aliphatic hydroxyl groups excluding tert-OH is 1. The topological polar surface area (TPSA) is 78.4 Å². The first-order chi connectivity index (χ1) is 12.7. The predicted octanol–water partition coefficient (Wildman–Crippen LogP) is 2.15. The Labute approximate surface area is 157 Å². The van der Waals surface area contributed by atoms with Crippen molar-refractivity contribution in [3.63, 3.8) is 0 Å². The number of fused-ring (bicyclic) bond motifs is 2. The third kappa shape index (κ3) is 4.05. The number of pyridine rings is 1. The van der Waals surface area contributed by atoms with E-state index in [9.17, 15) is 9.90 Å². The predicted molar refractivity (Wildman–Crippen MR) is 103 cm³/mol. The summed E-state index contributed by atoms with van der Waals surface area (Å²) in [6.07, 6.45) is 7.03. The highest BCUT2D eigenvalue weighted by molar-refractivity contribution is 7.19. The van der Waals surface area contributed by atoms with Crippen LogP contribution in [0.15, 0.2) is 6.07 Å². The molecule has 0 radical (unpaired) electrons. The quantitative estimate of drug-likeness (QED) is 0.784. The van der Waals surface area contributed by atoms with E-state index in [-0.39, 0.29) is 12.0 Å². The van der Waals surface area contributed by atoms with Crippen LogP contribution in [0.3, 0.4) is 0 Å². The van der Waals surface area contributed by atoms with Crippen molar-refractivity contribution in [1.29, 1.82) is 0 Å². The standard InChI is InChI=1S/C19H26N4O2S/c24-14-6-10-23(11-7-14)9-3-8-20-17(25)19-22-16-12-13-4-1-2-5-15(13)21-18(16)26-19/h12,14,24H,1-11H2,(H,20,25). The molecule has 2 aromatic rings. The number of nitrogens with one attached hydrogen (secondary N) is 1. The van der Waals surface area contributed by atoms with Crippen molar-refractivity contribution >= 4 is 27.6 Å². The largest absolute Gasteiger partial charge is 0.393 e. The monoisotopic (exact) mass is 374 g/mol. The number of aliphatic hydroxyl groups is 1. The maximum Gasteiger partial charge on any atom is 0.280 e. The number of aryl methyl sites for hydroxylation is 2. The third-order valence-electron chi connectivity index (χ3n) is 5.35. The lowest BCUT2D eigenvalue weighted by molar-refractivity contribution is 0.0816. The number of rotatable bonds is 5. The zero-order chi connectivity index (χ0) is 17.9. The normalized spacial score (nSPS) is 18.8. The smallest absolute Gasteiger partial charge is 0.280 e. The highest BCUT2D eigenvalue weighted by Gasteiger charge is 2.18. The molecule has 0 saturated carbocycles. The molecule has 0 atom stereocenters. The van der Waals surface area contributed by atoms with Crippen molar-refractivity contribution in [2.45, 2.75) is 51.0 Å². The Kier molecular flexibility index (Phi) is 5.47. The summed E-state index contributed by atoms with van der Waals surface area (Å²) in [4.78, 5) is 24.9. The van der Waals surface area contributed by atoms with Crippen LogP contribution >= 0.6 is 11.3 Å². The minimum atomic E-state index is -0.135. The zero-order valence-electron chi connectivity index (χ0n) is 15.0. The lowest BCUT2D eigenvalue weighted by Gasteiger charge is -2.29. The molecule has 140 valence electrons. The van der Waals surface area contributed by atoms with Gasteiger partial charge in [-0.1, -0.05) is 11.3 Å². The number of hydrogen-bond donors (Lipinski definition) is 2. The molecule has 0 spiro atoms. The number of piperidine rings is 1. The maximum atomic E-state index is 12.4. The summed E-state index contributed by atoms with van der Waals surface area (Å²) in [5.74, 6) is -0.0972. The van der Waals surface area contributed by atoms with Crippen molar-refractivity contribution < 1.29 is 9.90 Å². The van der Waals surface area contributed by atoms with Gasteiger partial charge in [0, 0.05) is 25.3 Å². The Hall–Kier alpha value is -1.57. The number of thiazole rings is 1. The first-order valence-corrected chi connectivity index (χ1v) is 10.5. The van der Waals surface area contributed by atoms with Gasteiger partial charge < -0.3 is 15.3 Å². The highest BCUT2D eigenvalue weighted by Crippen LogP contribution is 2.27. The summed E-state index contributed by atoms with van der Waals surface area (Å²) in [7, 11) is 0. The Balaban J connectivity index is 1.30. The van der Waals surface area contributed by atoms with E-state index in [2.05, 4.69) is 21.3 Å². The van der Waals surface area contributed by atoms with E-state index >= 15 is 0 Å². The second-order valence-corrected chi connectivity index (χ2v) is 8.30. The van der Waals surface area contributed by atoms with Gasteiger partial charge in [-0.2, -0.15) is 0 Å². The third-order valence-corrected chi connectivity index (χ3v) is 6.31. The molecule has 1 aliphatic heterocycles. The van der Waals surface area contributed by atoms with Crippen molar-refractivity contribution in [3.05, 3.63) is 22.3 Å². The second kappa shape index (κ2) is 7.98. The molecule has 2 aliphatic rings. The lowest BCUT2D eigenvalue weighted by atomic mass is 9.96. The van der Waals surface area contributed by atoms with Crippen molar-refractivity contribution in [3.8, 4) is 0 Å². The van der Waals surface area contributed by atoms with Crippen molar-refractivity contribution in [2.75, 3.05) is 26.2 Å². The van der Waals surface area contributed by atoms with Gasteiger partial charge in [-0.25, -0.2) is 9.97 Å². The minimum Gasteiger partial charge on any atom is -0.393 e. The molecule has 7 heteroatoms. The number of aromatic nitrogens is 2. The van der Waals surface area contributed by atoms with Gasteiger partial charge in [0.1, 0.15) is 10.3 Å². The van der Waals surface area contributed by atoms with Gasteiger partial charge in [-0.05, 0) is 63.1 Å². The molecule has 1 aliphatic carbocycles. The van der Waals surface area contributed by atoms with Crippen LogP contribution in [-0.2, 0) is 12.8 Å². The van der Waals surface area contributed by atoms with E-state index in [0.717, 1.165) is 62.1 Å². The number of carbonyl (C=O) groups is 1. The molecule has 2 N–H and O–H groups in total. The Bertz CT molecular complexity index is 740. The molecule has 4 rings (SSSR count). The van der Waals surface area contributed by atoms with Crippen LogP contribution in [0, 0.1) is 0 Å². The van der Waals surface area contributed by atoms with Gasteiger partial charge in [0.25, 0.3) is 5.91 Å². The summed E-state index contributed by atoms with van der Waals surface area (Å²) in [6.45, 7) is 3.51. The molecule has 1 saturated heterocycles. The Morgan fingerprint density at radius 2 is 2.08 bits per heavy atom. The molecule has 6 nitrogen and oxygen atoms in total. The number of amides is 1. The lowest BCUT2D eigenvalue weighted by Crippen LogP contribution is -2.37. The van der Waals surface area contributed by atoms with Crippen molar-refractivity contribution in [1.82, 2.24) is 20.2 Å². The molecule has 26 heavy (non-hydrogen) atoms. The fraction of sp³-hybridized carbons (Fsp3) is 0.632. The SMILES string of the molecule is O=C(NCCCN1CCC(O)CC1)c1nc2cc3c(nc2s1)CCCC3. The molecule has 0 bridgehead atoms. The molecule has 2 aromatic heterocycles. The van der Waals surface area contributed by atoms with Crippen molar-refractivity contribution in [2.24, 2.45) is 0 Å². The van der Waals surface area contributed by atoms with Gasteiger partial charge >= 0.3 is 0 Å². The summed E-state index contributed by atoms with van der Waals surface area (Å²) < 4.78 is 0. The molecule has 1 fully saturated rings. The van der Waals surface area contributed by atoms with Crippen LogP contribution in [-0.4, -0.2) is 58.2 Å². The minimum absolute atomic E-state index is 0.0972. The van der Waals surface area contributed by atoms with Gasteiger partial charge in [-0.15, -0.1) is 0 Å². The highest BCUT2D eigenvalue weighted by atomic mass is 32.1. The molecule has 1 amide bonds. The van der Waals surface area contributed by atoms with Gasteiger partial charge in [0.2, 0.25) is 0 Å². The summed E-state index contributed by atoms with van der Waals surface area (Å²) in [5.41, 5.74) is 3.34. The number of carbonyl (C=O) groups excluding carboxylic acids is 1. The van der Waals surface area contributed by atoms with Gasteiger partial charge in [0.05, 0.1) is 6.10 Å². The van der Waals surface area contributed by atoms with Crippen LogP contribution < -0.4 is 5.32 Å². The molecule has 0 aromatic carbocycles. The van der Waals surface area contributed by atoms with Crippen LogP contribution in [0.25, 0.3) is 10.3 Å². The number of hydrogen-bond acceptors (Lipinski definition) is 6. The number of nitrogens with zero attached hydrogens (tertiary/aromatic N) is 3. The van der Waals surface area contributed by atoms with E-state index < -0.39 is 0 Å². The summed E-state index contributed by atoms with van der Waals surface area (Å²) >= 11 is 1.39. The summed E-state index contributed by atoms with van der Waals surface area (Å²) in [6, 6.07) is 2.12. The van der Waals surface area contributed by atoms with E-state index in [1.165, 1.54) is 35.4 Å². The van der Waals surface area contributed by atoms with E-state index in [1.54, 1.807) is 0 Å².